The number of likely N-dealkylation sites (tertiary alicyclic amines) is 1. The minimum absolute atomic E-state index is 0.0421. The maximum atomic E-state index is 13.3. The molecule has 0 bridgehead atoms. The maximum Gasteiger partial charge on any atom is 0.229 e. The van der Waals surface area contributed by atoms with Gasteiger partial charge in [0.05, 0.1) is 0 Å². The summed E-state index contributed by atoms with van der Waals surface area (Å²) in [4.78, 5) is 32.2. The van der Waals surface area contributed by atoms with E-state index >= 15 is 0 Å². The van der Waals surface area contributed by atoms with Crippen molar-refractivity contribution in [2.45, 2.75) is 72.6 Å². The van der Waals surface area contributed by atoms with Gasteiger partial charge in [-0.25, -0.2) is 4.98 Å². The SMILES string of the molecule is CC1=C2N(C)C(=O)CC[C@]2(C)[C@@H]2CC[C@]3(C)C(C(=O)Nc4ccc(C)cn4)CC[C@H]3[C@@H]2C1. The van der Waals surface area contributed by atoms with Crippen LogP contribution in [0.1, 0.15) is 71.3 Å². The third-order valence-corrected chi connectivity index (χ3v) is 9.79. The second kappa shape index (κ2) is 7.43. The highest BCUT2D eigenvalue weighted by Gasteiger charge is 2.61. The monoisotopic (exact) mass is 435 g/mol. The van der Waals surface area contributed by atoms with Crippen LogP contribution >= 0.6 is 0 Å². The fourth-order valence-electron chi connectivity index (χ4n) is 8.29. The number of nitrogens with zero attached hydrogens (tertiary/aromatic N) is 2. The van der Waals surface area contributed by atoms with Gasteiger partial charge in [0.2, 0.25) is 11.8 Å². The number of carbonyl (C=O) groups excluding carboxylic acids is 2. The van der Waals surface area contributed by atoms with Crippen molar-refractivity contribution in [2.75, 3.05) is 12.4 Å². The summed E-state index contributed by atoms with van der Waals surface area (Å²) in [7, 11) is 1.97. The highest BCUT2D eigenvalue weighted by Crippen LogP contribution is 2.66. The van der Waals surface area contributed by atoms with Crippen LogP contribution < -0.4 is 5.32 Å². The summed E-state index contributed by atoms with van der Waals surface area (Å²) in [5, 5.41) is 3.11. The van der Waals surface area contributed by atoms with Crippen molar-refractivity contribution in [2.24, 2.45) is 34.5 Å². The zero-order valence-corrected chi connectivity index (χ0v) is 20.2. The van der Waals surface area contributed by atoms with Crippen LogP contribution in [0.2, 0.25) is 0 Å². The Morgan fingerprint density at radius 3 is 2.62 bits per heavy atom. The molecule has 1 saturated heterocycles. The molecule has 5 nitrogen and oxygen atoms in total. The highest BCUT2D eigenvalue weighted by atomic mass is 16.2. The third-order valence-electron chi connectivity index (χ3n) is 9.79. The van der Waals surface area contributed by atoms with E-state index in [1.54, 1.807) is 6.20 Å². The number of hydrogen-bond acceptors (Lipinski definition) is 3. The number of hydrogen-bond donors (Lipinski definition) is 1. The Morgan fingerprint density at radius 2 is 1.91 bits per heavy atom. The van der Waals surface area contributed by atoms with E-state index in [1.807, 2.05) is 31.0 Å². The molecule has 5 rings (SSSR count). The molecule has 1 aromatic rings. The highest BCUT2D eigenvalue weighted by molar-refractivity contribution is 5.92. The topological polar surface area (TPSA) is 62.3 Å². The maximum absolute atomic E-state index is 13.3. The summed E-state index contributed by atoms with van der Waals surface area (Å²) in [5.74, 6) is 2.89. The van der Waals surface area contributed by atoms with Gasteiger partial charge in [-0.3, -0.25) is 9.59 Å². The number of fused-ring (bicyclic) bond motifs is 5. The van der Waals surface area contributed by atoms with E-state index in [-0.39, 0.29) is 28.6 Å². The molecule has 3 fully saturated rings. The molecular weight excluding hydrogens is 398 g/mol. The standard InChI is InChI=1S/C27H37N3O2/c1-16-6-9-22(28-15-16)29-25(32)21-8-7-19-18-14-17(2)24-27(4,13-11-23(31)30(24)5)20(18)10-12-26(19,21)3/h6,9,15,18-21H,7-8,10-14H2,1-5H3,(H,28,29,32)/t18-,19-,20+,21?,26-,27+/m0/s1. The van der Waals surface area contributed by atoms with E-state index in [1.165, 1.54) is 11.3 Å². The Morgan fingerprint density at radius 1 is 1.12 bits per heavy atom. The van der Waals surface area contributed by atoms with Crippen LogP contribution in [-0.2, 0) is 9.59 Å². The van der Waals surface area contributed by atoms with Crippen LogP contribution in [0, 0.1) is 41.4 Å². The molecule has 2 saturated carbocycles. The van der Waals surface area contributed by atoms with Gasteiger partial charge >= 0.3 is 0 Å². The molecule has 0 spiro atoms. The zero-order valence-electron chi connectivity index (χ0n) is 20.2. The van der Waals surface area contributed by atoms with Gasteiger partial charge in [-0.05, 0) is 87.2 Å². The Kier molecular flexibility index (Phi) is 5.03. The van der Waals surface area contributed by atoms with E-state index in [0.717, 1.165) is 44.1 Å². The van der Waals surface area contributed by atoms with Gasteiger partial charge in [0, 0.05) is 36.7 Å². The van der Waals surface area contributed by atoms with Gasteiger partial charge in [0.25, 0.3) is 0 Å². The van der Waals surface area contributed by atoms with Gasteiger partial charge in [-0.15, -0.1) is 0 Å². The number of nitrogens with one attached hydrogen (secondary N) is 1. The number of allylic oxidation sites excluding steroid dienone is 2. The average molecular weight is 436 g/mol. The molecule has 2 heterocycles. The third kappa shape index (κ3) is 3.07. The van der Waals surface area contributed by atoms with Crippen molar-refractivity contribution >= 4 is 17.6 Å². The van der Waals surface area contributed by atoms with Gasteiger partial charge in [0.15, 0.2) is 0 Å². The van der Waals surface area contributed by atoms with Crippen molar-refractivity contribution in [1.82, 2.24) is 9.88 Å². The lowest BCUT2D eigenvalue weighted by atomic mass is 9.48. The molecule has 3 aliphatic carbocycles. The summed E-state index contributed by atoms with van der Waals surface area (Å²) in [5.41, 5.74) is 3.92. The van der Waals surface area contributed by atoms with E-state index in [9.17, 15) is 9.59 Å². The van der Waals surface area contributed by atoms with Crippen LogP contribution in [0.3, 0.4) is 0 Å². The van der Waals surface area contributed by atoms with Gasteiger partial charge in [-0.1, -0.05) is 25.5 Å². The Bertz CT molecular complexity index is 983. The average Bonchev–Trinajstić information content (AvgIpc) is 3.10. The van der Waals surface area contributed by atoms with E-state index in [2.05, 4.69) is 31.1 Å². The van der Waals surface area contributed by atoms with Crippen LogP contribution in [0.25, 0.3) is 0 Å². The molecule has 172 valence electrons. The summed E-state index contributed by atoms with van der Waals surface area (Å²) in [6.07, 6.45) is 8.84. The van der Waals surface area contributed by atoms with Gasteiger partial charge in [0.1, 0.15) is 5.82 Å². The second-order valence-corrected chi connectivity index (χ2v) is 11.5. The molecule has 1 unspecified atom stereocenters. The second-order valence-electron chi connectivity index (χ2n) is 11.5. The zero-order chi connectivity index (χ0) is 22.8. The number of rotatable bonds is 2. The summed E-state index contributed by atoms with van der Waals surface area (Å²) in [6, 6.07) is 3.89. The van der Waals surface area contributed by atoms with E-state index in [0.29, 0.717) is 30.0 Å². The summed E-state index contributed by atoms with van der Waals surface area (Å²) >= 11 is 0. The minimum atomic E-state index is 0.0421. The predicted molar refractivity (Wildman–Crippen MR) is 126 cm³/mol. The number of aromatic nitrogens is 1. The smallest absolute Gasteiger partial charge is 0.229 e. The van der Waals surface area contributed by atoms with Gasteiger partial charge in [-0.2, -0.15) is 0 Å². The van der Waals surface area contributed by atoms with Crippen LogP contribution in [0.5, 0.6) is 0 Å². The quantitative estimate of drug-likeness (QED) is 0.683. The van der Waals surface area contributed by atoms with Crippen LogP contribution in [-0.4, -0.2) is 28.7 Å². The van der Waals surface area contributed by atoms with Crippen molar-refractivity contribution < 1.29 is 9.59 Å². The lowest BCUT2D eigenvalue weighted by molar-refractivity contribution is -0.137. The lowest BCUT2D eigenvalue weighted by Gasteiger charge is -2.59. The molecule has 1 aromatic heterocycles. The Hall–Kier alpha value is -2.17. The molecule has 5 heteroatoms. The molecule has 1 N–H and O–H groups in total. The Balaban J connectivity index is 1.41. The van der Waals surface area contributed by atoms with Crippen molar-refractivity contribution in [1.29, 1.82) is 0 Å². The first-order valence-corrected chi connectivity index (χ1v) is 12.4. The largest absolute Gasteiger partial charge is 0.319 e. The number of piperidine rings is 1. The number of pyridine rings is 1. The van der Waals surface area contributed by atoms with Crippen molar-refractivity contribution in [3.05, 3.63) is 35.2 Å². The normalized spacial score (nSPS) is 38.8. The summed E-state index contributed by atoms with van der Waals surface area (Å²) in [6.45, 7) is 9.04. The number of anilines is 1. The lowest BCUT2D eigenvalue weighted by Crippen LogP contribution is -2.54. The molecular formula is C27H37N3O2. The van der Waals surface area contributed by atoms with Crippen LogP contribution in [0.4, 0.5) is 5.82 Å². The first kappa shape index (κ1) is 21.7. The van der Waals surface area contributed by atoms with E-state index < -0.39 is 0 Å². The number of aryl methyl sites for hydroxylation is 1. The minimum Gasteiger partial charge on any atom is -0.319 e. The van der Waals surface area contributed by atoms with Crippen molar-refractivity contribution in [3.8, 4) is 0 Å². The molecule has 2 amide bonds. The number of carbonyl (C=O) groups is 2. The van der Waals surface area contributed by atoms with Gasteiger partial charge < -0.3 is 10.2 Å². The fraction of sp³-hybridized carbons (Fsp3) is 0.667. The molecule has 1 aliphatic heterocycles. The molecule has 0 aromatic carbocycles. The molecule has 32 heavy (non-hydrogen) atoms. The summed E-state index contributed by atoms with van der Waals surface area (Å²) < 4.78 is 0. The molecule has 4 aliphatic rings. The number of amides is 2. The Labute approximate surface area is 192 Å². The molecule has 6 atom stereocenters. The first-order valence-electron chi connectivity index (χ1n) is 12.4. The van der Waals surface area contributed by atoms with Crippen LogP contribution in [0.15, 0.2) is 29.6 Å². The fourth-order valence-corrected chi connectivity index (χ4v) is 8.29. The van der Waals surface area contributed by atoms with Crippen molar-refractivity contribution in [3.63, 3.8) is 0 Å². The molecule has 0 radical (unpaired) electrons. The predicted octanol–water partition coefficient (Wildman–Crippen LogP) is 5.32. The first-order chi connectivity index (χ1) is 15.1. The van der Waals surface area contributed by atoms with E-state index in [4.69, 9.17) is 0 Å².